The van der Waals surface area contributed by atoms with E-state index >= 15 is 4.39 Å². The summed E-state index contributed by atoms with van der Waals surface area (Å²) in [4.78, 5) is 32.1. The Labute approximate surface area is 244 Å². The average molecular weight is 571 g/mol. The maximum absolute atomic E-state index is 15.1. The maximum Gasteiger partial charge on any atom is 0.313 e. The lowest BCUT2D eigenvalue weighted by Crippen LogP contribution is -2.46. The van der Waals surface area contributed by atoms with Crippen molar-refractivity contribution in [2.24, 2.45) is 0 Å². The minimum atomic E-state index is -0.871. The fourth-order valence-electron chi connectivity index (χ4n) is 5.50. The van der Waals surface area contributed by atoms with E-state index < -0.39 is 17.6 Å². The predicted molar refractivity (Wildman–Crippen MR) is 161 cm³/mol. The van der Waals surface area contributed by atoms with Crippen molar-refractivity contribution in [2.45, 2.75) is 45.7 Å². The first-order valence-corrected chi connectivity index (χ1v) is 14.1. The third-order valence-corrected chi connectivity index (χ3v) is 7.67. The molecule has 0 saturated carbocycles. The van der Waals surface area contributed by atoms with Crippen LogP contribution in [-0.2, 0) is 22.4 Å². The normalized spacial score (nSPS) is 14.9. The van der Waals surface area contributed by atoms with Gasteiger partial charge in [-0.05, 0) is 67.6 Å². The van der Waals surface area contributed by atoms with E-state index in [1.807, 2.05) is 31.2 Å². The lowest BCUT2D eigenvalue weighted by Gasteiger charge is -2.40. The van der Waals surface area contributed by atoms with Crippen LogP contribution in [0.3, 0.4) is 0 Å². The number of fused-ring (bicyclic) bond motifs is 2. The highest BCUT2D eigenvalue weighted by atomic mass is 19.1. The third-order valence-electron chi connectivity index (χ3n) is 7.67. The number of hydrogen-bond acceptors (Lipinski definition) is 6. The second-order valence-electron chi connectivity index (χ2n) is 10.6. The molecule has 1 aliphatic heterocycles. The molecule has 0 bridgehead atoms. The van der Waals surface area contributed by atoms with Crippen LogP contribution in [-0.4, -0.2) is 47.9 Å². The molecule has 42 heavy (non-hydrogen) atoms. The van der Waals surface area contributed by atoms with E-state index in [2.05, 4.69) is 46.5 Å². The van der Waals surface area contributed by atoms with Gasteiger partial charge in [-0.3, -0.25) is 19.5 Å². The van der Waals surface area contributed by atoms with Gasteiger partial charge in [0.25, 0.3) is 0 Å². The summed E-state index contributed by atoms with van der Waals surface area (Å²) in [7, 11) is 1.61. The van der Waals surface area contributed by atoms with Crippen molar-refractivity contribution in [3.63, 3.8) is 0 Å². The fraction of sp³-hybridized carbons (Fsp3) is 0.303. The van der Waals surface area contributed by atoms with Gasteiger partial charge in [-0.2, -0.15) is 0 Å². The first-order chi connectivity index (χ1) is 20.3. The molecule has 2 amide bonds. The number of nitrogens with zero attached hydrogens (tertiary/aromatic N) is 2. The van der Waals surface area contributed by atoms with Gasteiger partial charge >= 0.3 is 11.8 Å². The van der Waals surface area contributed by atoms with Crippen LogP contribution in [0.4, 0.5) is 10.1 Å². The number of aromatic nitrogens is 1. The Bertz CT molecular complexity index is 1620. The molecule has 1 aliphatic rings. The highest BCUT2D eigenvalue weighted by molar-refractivity contribution is 6.39. The molecule has 1 aromatic heterocycles. The summed E-state index contributed by atoms with van der Waals surface area (Å²) in [6, 6.07) is 17.9. The molecule has 4 aromatic rings. The van der Waals surface area contributed by atoms with Gasteiger partial charge in [0.2, 0.25) is 0 Å². The summed E-state index contributed by atoms with van der Waals surface area (Å²) in [5.74, 6) is -1.20. The first kappa shape index (κ1) is 29.0. The number of pyridine rings is 1. The molecule has 8 nitrogen and oxygen atoms in total. The molecule has 1 atom stereocenters. The number of ether oxygens (including phenoxy) is 2. The van der Waals surface area contributed by atoms with Gasteiger partial charge < -0.3 is 20.1 Å². The van der Waals surface area contributed by atoms with E-state index in [1.165, 1.54) is 17.7 Å². The number of carbonyl (C=O) groups excluding carboxylic acids is 2. The van der Waals surface area contributed by atoms with Crippen molar-refractivity contribution in [3.05, 3.63) is 89.4 Å². The largest absolute Gasteiger partial charge is 0.496 e. The van der Waals surface area contributed by atoms with Crippen LogP contribution in [0, 0.1) is 5.82 Å². The highest BCUT2D eigenvalue weighted by Gasteiger charge is 2.29. The smallest absolute Gasteiger partial charge is 0.313 e. The van der Waals surface area contributed by atoms with Crippen molar-refractivity contribution >= 4 is 28.4 Å². The SMILES string of the molecule is CCc1cc2c(Oc3ccc(NC(=O)C(=O)NCC4c5ccccc5CCN4C(C)C)cc3F)ccnc2cc1OC. The quantitative estimate of drug-likeness (QED) is 0.260. The summed E-state index contributed by atoms with van der Waals surface area (Å²) in [6.45, 7) is 7.41. The average Bonchev–Trinajstić information content (AvgIpc) is 3.00. The van der Waals surface area contributed by atoms with E-state index in [9.17, 15) is 9.59 Å². The molecule has 3 aromatic carbocycles. The van der Waals surface area contributed by atoms with E-state index in [4.69, 9.17) is 9.47 Å². The Morgan fingerprint density at radius 1 is 1.05 bits per heavy atom. The Morgan fingerprint density at radius 2 is 1.86 bits per heavy atom. The lowest BCUT2D eigenvalue weighted by molar-refractivity contribution is -0.136. The molecule has 218 valence electrons. The summed E-state index contributed by atoms with van der Waals surface area (Å²) < 4.78 is 26.4. The van der Waals surface area contributed by atoms with Crippen LogP contribution in [0.2, 0.25) is 0 Å². The maximum atomic E-state index is 15.1. The fourth-order valence-corrected chi connectivity index (χ4v) is 5.50. The van der Waals surface area contributed by atoms with Gasteiger partial charge in [-0.25, -0.2) is 4.39 Å². The molecular formula is C33H35FN4O4. The van der Waals surface area contributed by atoms with Crippen molar-refractivity contribution in [2.75, 3.05) is 25.5 Å². The Hall–Kier alpha value is -4.50. The number of rotatable bonds is 8. The zero-order valence-corrected chi connectivity index (χ0v) is 24.2. The van der Waals surface area contributed by atoms with Gasteiger partial charge in [0.15, 0.2) is 11.6 Å². The van der Waals surface area contributed by atoms with E-state index in [-0.39, 0.29) is 30.1 Å². The molecule has 5 rings (SSSR count). The second-order valence-corrected chi connectivity index (χ2v) is 10.6. The van der Waals surface area contributed by atoms with E-state index in [1.54, 1.807) is 19.4 Å². The predicted octanol–water partition coefficient (Wildman–Crippen LogP) is 5.80. The number of anilines is 1. The Balaban J connectivity index is 1.25. The number of benzene rings is 3. The highest BCUT2D eigenvalue weighted by Crippen LogP contribution is 2.35. The van der Waals surface area contributed by atoms with Gasteiger partial charge in [-0.15, -0.1) is 0 Å². The standard InChI is InChI=1S/C33H35FN4O4/c1-5-21-16-25-27(18-31(21)41-4)35-14-12-29(25)42-30-11-10-23(17-26(30)34)37-33(40)32(39)36-19-28-24-9-7-6-8-22(24)13-15-38(28)20(2)3/h6-12,14,16-18,20,28H,5,13,15,19H2,1-4H3,(H,36,39)(H,37,40). The van der Waals surface area contributed by atoms with Crippen LogP contribution in [0.25, 0.3) is 10.9 Å². The van der Waals surface area contributed by atoms with Gasteiger partial charge in [0, 0.05) is 48.5 Å². The van der Waals surface area contributed by atoms with E-state index in [0.717, 1.165) is 47.7 Å². The number of carbonyl (C=O) groups is 2. The van der Waals surface area contributed by atoms with E-state index in [0.29, 0.717) is 11.3 Å². The molecular weight excluding hydrogens is 535 g/mol. The monoisotopic (exact) mass is 570 g/mol. The Morgan fingerprint density at radius 3 is 2.60 bits per heavy atom. The zero-order valence-electron chi connectivity index (χ0n) is 24.2. The number of hydrogen-bond donors (Lipinski definition) is 2. The molecule has 0 fully saturated rings. The number of amides is 2. The molecule has 2 N–H and O–H groups in total. The Kier molecular flexibility index (Phi) is 8.68. The topological polar surface area (TPSA) is 92.8 Å². The number of nitrogens with one attached hydrogen (secondary N) is 2. The van der Waals surface area contributed by atoms with Crippen molar-refractivity contribution in [1.29, 1.82) is 0 Å². The molecule has 1 unspecified atom stereocenters. The third kappa shape index (κ3) is 6.06. The van der Waals surface area contributed by atoms with Crippen LogP contribution >= 0.6 is 0 Å². The van der Waals surface area contributed by atoms with Gasteiger partial charge in [-0.1, -0.05) is 31.2 Å². The molecule has 0 saturated heterocycles. The summed E-state index contributed by atoms with van der Waals surface area (Å²) >= 11 is 0. The number of methoxy groups -OCH3 is 1. The zero-order chi connectivity index (χ0) is 29.8. The summed E-state index contributed by atoms with van der Waals surface area (Å²) in [6.07, 6.45) is 3.27. The van der Waals surface area contributed by atoms with Crippen LogP contribution < -0.4 is 20.1 Å². The molecule has 2 heterocycles. The van der Waals surface area contributed by atoms with Gasteiger partial charge in [0.1, 0.15) is 11.5 Å². The first-order valence-electron chi connectivity index (χ1n) is 14.1. The minimum Gasteiger partial charge on any atom is -0.496 e. The van der Waals surface area contributed by atoms with Crippen LogP contribution in [0.5, 0.6) is 17.2 Å². The van der Waals surface area contributed by atoms with Crippen molar-refractivity contribution in [3.8, 4) is 17.2 Å². The number of aryl methyl sites for hydroxylation is 1. The van der Waals surface area contributed by atoms with Crippen LogP contribution in [0.1, 0.15) is 43.5 Å². The molecule has 0 aliphatic carbocycles. The van der Waals surface area contributed by atoms with Crippen molar-refractivity contribution < 1.29 is 23.5 Å². The van der Waals surface area contributed by atoms with Crippen molar-refractivity contribution in [1.82, 2.24) is 15.2 Å². The minimum absolute atomic E-state index is 0.0245. The molecule has 0 radical (unpaired) electrons. The summed E-state index contributed by atoms with van der Waals surface area (Å²) in [5, 5.41) is 5.98. The van der Waals surface area contributed by atoms with Crippen LogP contribution in [0.15, 0.2) is 66.9 Å². The number of halogens is 1. The molecule has 9 heteroatoms. The summed E-state index contributed by atoms with van der Waals surface area (Å²) in [5.41, 5.74) is 4.18. The molecule has 0 spiro atoms. The van der Waals surface area contributed by atoms with Gasteiger partial charge in [0.05, 0.1) is 18.7 Å². The lowest BCUT2D eigenvalue weighted by atomic mass is 9.91. The second kappa shape index (κ2) is 12.6.